The Kier molecular flexibility index (Phi) is 14.9. The van der Waals surface area contributed by atoms with Gasteiger partial charge in [0.1, 0.15) is 6.10 Å². The molecule has 71 heavy (non-hydrogen) atoms. The van der Waals surface area contributed by atoms with Gasteiger partial charge in [0.05, 0.1) is 49.6 Å². The van der Waals surface area contributed by atoms with E-state index in [-0.39, 0.29) is 29.9 Å². The molecule has 6 aromatic rings. The van der Waals surface area contributed by atoms with Gasteiger partial charge in [0.2, 0.25) is 23.8 Å². The van der Waals surface area contributed by atoms with Gasteiger partial charge in [0.15, 0.2) is 45.6 Å². The van der Waals surface area contributed by atoms with Crippen molar-refractivity contribution in [2.24, 2.45) is 11.8 Å². The number of fused-ring (bicyclic) bond motifs is 2. The fraction of sp³-hybridized carbons (Fsp3) is 0.596. The van der Waals surface area contributed by atoms with E-state index in [1.54, 1.807) is 29.7 Å². The summed E-state index contributed by atoms with van der Waals surface area (Å²) >= 11 is 0. The predicted molar refractivity (Wildman–Crippen MR) is 272 cm³/mol. The molecule has 0 radical (unpaired) electrons. The van der Waals surface area contributed by atoms with Crippen molar-refractivity contribution >= 4 is 63.7 Å². The average molecular weight is 977 g/mol. The summed E-state index contributed by atoms with van der Waals surface area (Å²) in [5.74, 6) is 5.40. The number of hydrogen-bond donors (Lipinski definition) is 4. The lowest BCUT2D eigenvalue weighted by Gasteiger charge is -2.36. The molecule has 24 nitrogen and oxygen atoms in total. The van der Waals surface area contributed by atoms with Gasteiger partial charge in [0, 0.05) is 103 Å². The first-order valence-electron chi connectivity index (χ1n) is 24.8. The summed E-state index contributed by atoms with van der Waals surface area (Å²) < 4.78 is 15.8. The van der Waals surface area contributed by atoms with Gasteiger partial charge in [-0.15, -0.1) is 0 Å². The Balaban J connectivity index is 0.000000177. The Labute approximate surface area is 413 Å². The number of morpholine rings is 2. The van der Waals surface area contributed by atoms with Gasteiger partial charge in [-0.05, 0) is 32.6 Å². The van der Waals surface area contributed by atoms with E-state index in [1.807, 2.05) is 0 Å². The van der Waals surface area contributed by atoms with E-state index >= 15 is 0 Å². The molecular weight excluding hydrogens is 909 g/mol. The number of carbonyl (C=O) groups is 1. The summed E-state index contributed by atoms with van der Waals surface area (Å²) in [6.45, 7) is 26.0. The van der Waals surface area contributed by atoms with Crippen LogP contribution < -0.4 is 36.4 Å². The molecule has 4 saturated heterocycles. The molecule has 10 heterocycles. The summed E-state index contributed by atoms with van der Waals surface area (Å²) in [7, 11) is 0. The second-order valence-corrected chi connectivity index (χ2v) is 19.5. The highest BCUT2D eigenvalue weighted by Crippen LogP contribution is 2.35. The van der Waals surface area contributed by atoms with Gasteiger partial charge in [0.25, 0.3) is 5.91 Å². The number of nitrogens with zero attached hydrogens (tertiary/aromatic N) is 17. The van der Waals surface area contributed by atoms with Crippen LogP contribution in [-0.4, -0.2) is 185 Å². The lowest BCUT2D eigenvalue weighted by molar-refractivity contribution is -0.139. The zero-order chi connectivity index (χ0) is 49.9. The highest BCUT2D eigenvalue weighted by molar-refractivity contribution is 5.89. The highest BCUT2D eigenvalue weighted by Gasteiger charge is 2.32. The number of carbonyl (C=O) groups excluding carboxylic acids is 1. The summed E-state index contributed by atoms with van der Waals surface area (Å²) in [4.78, 5) is 69.9. The van der Waals surface area contributed by atoms with Crippen molar-refractivity contribution < 1.29 is 19.4 Å². The summed E-state index contributed by atoms with van der Waals surface area (Å²) in [5.41, 5.74) is 16.0. The van der Waals surface area contributed by atoms with Crippen LogP contribution in [0.25, 0.3) is 45.1 Å². The van der Waals surface area contributed by atoms with Crippen LogP contribution in [0.4, 0.5) is 35.4 Å². The standard InChI is InChI=1S/C25H36N10O3.C22H32N10O/c1-15(2)13-35-22-19(29-25(35)33-7-5-32(6-8-33)23(37)17(4)36)21(34-9-10-38-14-16(34)3)30-20(31-22)18-11-27-24(26)28-12-18;1-14(2)12-32-20-17(27-22(32)30-6-4-24-5-7-30)19(31-8-9-33-13-15(31)3)28-18(29-20)16-10-25-21(23)26-11-16/h11-12,15-17,36H,5-10,13-14H2,1-4H3,(H2,26,27,28);10-11,14-15,24H,4-9,12-13H2,1-3H3,(H2,23,25,26)/t16-,17-;15-/m00/s1. The van der Waals surface area contributed by atoms with Crippen molar-refractivity contribution in [2.45, 2.75) is 79.7 Å². The molecule has 0 saturated carbocycles. The number of piperazine rings is 2. The molecule has 0 aromatic carbocycles. The van der Waals surface area contributed by atoms with E-state index in [9.17, 15) is 9.90 Å². The number of amides is 1. The van der Waals surface area contributed by atoms with Crippen molar-refractivity contribution in [1.82, 2.24) is 69.2 Å². The first-order chi connectivity index (χ1) is 34.2. The fourth-order valence-electron chi connectivity index (χ4n) is 9.40. The number of aliphatic hydroxyl groups is 1. The molecule has 6 aromatic heterocycles. The maximum absolute atomic E-state index is 12.3. The number of imidazole rings is 2. The second kappa shape index (κ2) is 21.4. The topological polar surface area (TPSA) is 275 Å². The van der Waals surface area contributed by atoms with Gasteiger partial charge in [-0.25, -0.2) is 49.8 Å². The quantitative estimate of drug-likeness (QED) is 0.144. The largest absolute Gasteiger partial charge is 0.384 e. The molecule has 6 N–H and O–H groups in total. The van der Waals surface area contributed by atoms with E-state index in [1.165, 1.54) is 6.92 Å². The van der Waals surface area contributed by atoms with Gasteiger partial charge in [-0.2, -0.15) is 0 Å². The monoisotopic (exact) mass is 977 g/mol. The third kappa shape index (κ3) is 10.7. The minimum atomic E-state index is -1.00. The first-order valence-corrected chi connectivity index (χ1v) is 24.8. The molecule has 0 aliphatic carbocycles. The molecule has 0 unspecified atom stereocenters. The van der Waals surface area contributed by atoms with Crippen LogP contribution in [0, 0.1) is 11.8 Å². The molecule has 380 valence electrons. The van der Waals surface area contributed by atoms with Gasteiger partial charge < -0.3 is 55.9 Å². The molecule has 0 spiro atoms. The average Bonchev–Trinajstić information content (AvgIpc) is 3.91. The normalized spacial score (nSPS) is 19.5. The molecule has 3 atom stereocenters. The zero-order valence-electron chi connectivity index (χ0n) is 41.9. The van der Waals surface area contributed by atoms with E-state index < -0.39 is 6.10 Å². The van der Waals surface area contributed by atoms with Crippen LogP contribution in [0.3, 0.4) is 0 Å². The molecule has 24 heteroatoms. The summed E-state index contributed by atoms with van der Waals surface area (Å²) in [5, 5.41) is 13.2. The van der Waals surface area contributed by atoms with Crippen LogP contribution in [-0.2, 0) is 27.4 Å². The van der Waals surface area contributed by atoms with E-state index in [0.717, 1.165) is 90.7 Å². The van der Waals surface area contributed by atoms with Crippen molar-refractivity contribution in [1.29, 1.82) is 0 Å². The Morgan fingerprint density at radius 3 is 1.45 bits per heavy atom. The summed E-state index contributed by atoms with van der Waals surface area (Å²) in [6, 6.07) is 0.302. The number of anilines is 6. The zero-order valence-corrected chi connectivity index (χ0v) is 41.9. The number of ether oxygens (including phenoxy) is 2. The van der Waals surface area contributed by atoms with Crippen molar-refractivity contribution in [3.63, 3.8) is 0 Å². The van der Waals surface area contributed by atoms with Crippen LogP contribution >= 0.6 is 0 Å². The van der Waals surface area contributed by atoms with Crippen molar-refractivity contribution in [2.75, 3.05) is 123 Å². The third-order valence-electron chi connectivity index (χ3n) is 13.0. The van der Waals surface area contributed by atoms with Crippen LogP contribution in [0.1, 0.15) is 48.5 Å². The fourth-order valence-corrected chi connectivity index (χ4v) is 9.40. The number of nitrogens with two attached hydrogens (primary N) is 2. The molecule has 4 aliphatic heterocycles. The van der Waals surface area contributed by atoms with E-state index in [4.69, 9.17) is 50.8 Å². The Bertz CT molecular complexity index is 2770. The molecule has 10 rings (SSSR count). The minimum Gasteiger partial charge on any atom is -0.384 e. The second-order valence-electron chi connectivity index (χ2n) is 19.5. The highest BCUT2D eigenvalue weighted by atomic mass is 16.5. The maximum atomic E-state index is 12.3. The summed E-state index contributed by atoms with van der Waals surface area (Å²) in [6.07, 6.45) is 5.63. The van der Waals surface area contributed by atoms with E-state index in [2.05, 4.69) is 95.5 Å². The van der Waals surface area contributed by atoms with Crippen molar-refractivity contribution in [3.8, 4) is 22.8 Å². The SMILES string of the molecule is CC(C)Cn1c(N2CCN(C(=O)[C@H](C)O)CC2)nc2c(N3CCOC[C@@H]3C)nc(-c3cnc(N)nc3)nc21.CC(C)Cn1c(N2CCNCC2)nc2c(N3CCOC[C@@H]3C)nc(-c3cnc(N)nc3)nc21. The van der Waals surface area contributed by atoms with Crippen molar-refractivity contribution in [3.05, 3.63) is 24.8 Å². The lowest BCUT2D eigenvalue weighted by Crippen LogP contribution is -2.51. The van der Waals surface area contributed by atoms with E-state index in [0.29, 0.717) is 94.7 Å². The first kappa shape index (κ1) is 49.4. The number of nitrogens with one attached hydrogen (secondary N) is 1. The smallest absolute Gasteiger partial charge is 0.251 e. The number of aromatic nitrogens is 12. The van der Waals surface area contributed by atoms with Gasteiger partial charge >= 0.3 is 0 Å². The molecule has 0 bridgehead atoms. The Hall–Kier alpha value is -6.63. The molecular formula is C47H68N20O4. The number of aliphatic hydroxyl groups excluding tert-OH is 1. The minimum absolute atomic E-state index is 0.117. The molecule has 4 fully saturated rings. The lowest BCUT2D eigenvalue weighted by atomic mass is 10.2. The van der Waals surface area contributed by atoms with Crippen LogP contribution in [0.5, 0.6) is 0 Å². The number of hydrogen-bond acceptors (Lipinski definition) is 21. The van der Waals surface area contributed by atoms with Crippen LogP contribution in [0.2, 0.25) is 0 Å². The van der Waals surface area contributed by atoms with Crippen LogP contribution in [0.15, 0.2) is 24.8 Å². The molecule has 4 aliphatic rings. The van der Waals surface area contributed by atoms with Gasteiger partial charge in [-0.1, -0.05) is 27.7 Å². The number of nitrogen functional groups attached to an aromatic ring is 2. The maximum Gasteiger partial charge on any atom is 0.251 e. The van der Waals surface area contributed by atoms with Gasteiger partial charge in [-0.3, -0.25) is 13.9 Å². The third-order valence-corrected chi connectivity index (χ3v) is 13.0. The Morgan fingerprint density at radius 2 is 1.06 bits per heavy atom. The molecule has 1 amide bonds. The number of rotatable bonds is 11. The predicted octanol–water partition coefficient (Wildman–Crippen LogP) is 1.93. The Morgan fingerprint density at radius 1 is 0.634 bits per heavy atom.